The maximum atomic E-state index is 9.08. The van der Waals surface area contributed by atoms with Crippen LogP contribution in [0.5, 0.6) is 0 Å². The Morgan fingerprint density at radius 3 is 2.74 bits per heavy atom. The van der Waals surface area contributed by atoms with Crippen molar-refractivity contribution in [1.82, 2.24) is 9.97 Å². The molecule has 0 aliphatic heterocycles. The van der Waals surface area contributed by atoms with Gasteiger partial charge in [0.2, 0.25) is 0 Å². The average molecular weight is 255 g/mol. The van der Waals surface area contributed by atoms with Crippen LogP contribution in [0.1, 0.15) is 45.5 Å². The van der Waals surface area contributed by atoms with Crippen molar-refractivity contribution in [3.05, 3.63) is 29.6 Å². The summed E-state index contributed by atoms with van der Waals surface area (Å²) in [7, 11) is 0. The highest BCUT2D eigenvalue weighted by atomic mass is 14.9. The van der Waals surface area contributed by atoms with Crippen LogP contribution in [0.25, 0.3) is 11.0 Å². The lowest BCUT2D eigenvalue weighted by Gasteiger charge is -2.22. The number of imidazole rings is 1. The highest BCUT2D eigenvalue weighted by molar-refractivity contribution is 5.81. The number of nitrogens with one attached hydrogen (secondary N) is 1. The largest absolute Gasteiger partial charge is 0.342 e. The summed E-state index contributed by atoms with van der Waals surface area (Å²) in [4.78, 5) is 7.90. The Labute approximate surface area is 114 Å². The Balaban J connectivity index is 2.21. The third-order valence-corrected chi connectivity index (χ3v) is 3.18. The van der Waals surface area contributed by atoms with Crippen LogP contribution in [-0.4, -0.2) is 9.97 Å². The Hall–Kier alpha value is -1.82. The van der Waals surface area contributed by atoms with E-state index in [1.165, 1.54) is 0 Å². The van der Waals surface area contributed by atoms with E-state index in [1.54, 1.807) is 0 Å². The number of para-hydroxylation sites is 1. The second kappa shape index (κ2) is 5.05. The van der Waals surface area contributed by atoms with Crippen molar-refractivity contribution in [3.8, 4) is 6.07 Å². The highest BCUT2D eigenvalue weighted by Crippen LogP contribution is 2.26. The van der Waals surface area contributed by atoms with Gasteiger partial charge in [-0.3, -0.25) is 0 Å². The van der Waals surface area contributed by atoms with E-state index >= 15 is 0 Å². The monoisotopic (exact) mass is 255 g/mol. The molecule has 0 spiro atoms. The molecule has 0 amide bonds. The van der Waals surface area contributed by atoms with E-state index in [0.29, 0.717) is 16.9 Å². The van der Waals surface area contributed by atoms with Gasteiger partial charge in [-0.1, -0.05) is 33.8 Å². The van der Waals surface area contributed by atoms with Crippen molar-refractivity contribution in [2.45, 2.75) is 40.5 Å². The van der Waals surface area contributed by atoms with Gasteiger partial charge in [-0.05, 0) is 29.9 Å². The predicted molar refractivity (Wildman–Crippen MR) is 77.7 cm³/mol. The Kier molecular flexibility index (Phi) is 3.61. The molecule has 1 heterocycles. The highest BCUT2D eigenvalue weighted by Gasteiger charge is 2.17. The van der Waals surface area contributed by atoms with Crippen LogP contribution in [0.4, 0.5) is 0 Å². The second-order valence-corrected chi connectivity index (χ2v) is 6.57. The van der Waals surface area contributed by atoms with Crippen LogP contribution in [0, 0.1) is 22.7 Å². The molecule has 0 saturated carbocycles. The molecule has 0 saturated heterocycles. The molecule has 1 N–H and O–H groups in total. The lowest BCUT2D eigenvalue weighted by Crippen LogP contribution is -2.13. The molecule has 0 aliphatic carbocycles. The second-order valence-electron chi connectivity index (χ2n) is 6.57. The quantitative estimate of drug-likeness (QED) is 0.899. The Morgan fingerprint density at radius 1 is 1.37 bits per heavy atom. The zero-order chi connectivity index (χ0) is 14.0. The van der Waals surface area contributed by atoms with Gasteiger partial charge < -0.3 is 4.98 Å². The standard InChI is InChI=1S/C16H21N3/c1-11(9-16(2,3)4)8-14-18-13-7-5-6-12(10-17)15(13)19-14/h5-7,11H,8-9H2,1-4H3,(H,18,19). The summed E-state index contributed by atoms with van der Waals surface area (Å²) < 4.78 is 0. The van der Waals surface area contributed by atoms with E-state index in [-0.39, 0.29) is 0 Å². The van der Waals surface area contributed by atoms with E-state index in [4.69, 9.17) is 5.26 Å². The van der Waals surface area contributed by atoms with Crippen LogP contribution in [0.15, 0.2) is 18.2 Å². The van der Waals surface area contributed by atoms with Crippen LogP contribution in [0.2, 0.25) is 0 Å². The number of hydrogen-bond acceptors (Lipinski definition) is 2. The van der Waals surface area contributed by atoms with Crippen molar-refractivity contribution in [1.29, 1.82) is 5.26 Å². The molecular weight excluding hydrogens is 234 g/mol. The van der Waals surface area contributed by atoms with Gasteiger partial charge in [-0.15, -0.1) is 0 Å². The number of fused-ring (bicyclic) bond motifs is 1. The Bertz CT molecular complexity index is 611. The first-order chi connectivity index (χ1) is 8.89. The lowest BCUT2D eigenvalue weighted by molar-refractivity contribution is 0.304. The fourth-order valence-corrected chi connectivity index (χ4v) is 2.72. The van der Waals surface area contributed by atoms with Gasteiger partial charge in [0.1, 0.15) is 17.4 Å². The number of benzene rings is 1. The number of nitriles is 1. The molecule has 3 heteroatoms. The number of aromatic amines is 1. The SMILES string of the molecule is CC(Cc1nc2c(C#N)cccc2[nH]1)CC(C)(C)C. The molecule has 2 rings (SSSR count). The summed E-state index contributed by atoms with van der Waals surface area (Å²) in [5, 5.41) is 9.08. The maximum Gasteiger partial charge on any atom is 0.107 e. The smallest absolute Gasteiger partial charge is 0.107 e. The molecule has 0 fully saturated rings. The molecule has 2 aromatic rings. The van der Waals surface area contributed by atoms with Gasteiger partial charge in [-0.2, -0.15) is 5.26 Å². The average Bonchev–Trinajstić information content (AvgIpc) is 2.67. The van der Waals surface area contributed by atoms with Crippen molar-refractivity contribution in [2.24, 2.45) is 11.3 Å². The van der Waals surface area contributed by atoms with E-state index in [0.717, 1.165) is 29.7 Å². The number of H-pyrrole nitrogens is 1. The van der Waals surface area contributed by atoms with Crippen molar-refractivity contribution < 1.29 is 0 Å². The molecule has 100 valence electrons. The lowest BCUT2D eigenvalue weighted by atomic mass is 9.84. The summed E-state index contributed by atoms with van der Waals surface area (Å²) >= 11 is 0. The summed E-state index contributed by atoms with van der Waals surface area (Å²) in [5.74, 6) is 1.56. The summed E-state index contributed by atoms with van der Waals surface area (Å²) in [5.41, 5.74) is 2.73. The van der Waals surface area contributed by atoms with E-state index in [2.05, 4.69) is 43.7 Å². The predicted octanol–water partition coefficient (Wildman–Crippen LogP) is 4.05. The molecule has 1 unspecified atom stereocenters. The van der Waals surface area contributed by atoms with Crippen LogP contribution >= 0.6 is 0 Å². The molecule has 19 heavy (non-hydrogen) atoms. The third kappa shape index (κ3) is 3.35. The molecule has 3 nitrogen and oxygen atoms in total. The van der Waals surface area contributed by atoms with Gasteiger partial charge in [0, 0.05) is 6.42 Å². The van der Waals surface area contributed by atoms with Crippen LogP contribution in [0.3, 0.4) is 0 Å². The summed E-state index contributed by atoms with van der Waals surface area (Å²) in [6, 6.07) is 7.87. The minimum atomic E-state index is 0.337. The van der Waals surface area contributed by atoms with Gasteiger partial charge in [0.05, 0.1) is 11.1 Å². The molecule has 0 aliphatic rings. The van der Waals surface area contributed by atoms with Crippen molar-refractivity contribution in [2.75, 3.05) is 0 Å². The topological polar surface area (TPSA) is 52.5 Å². The van der Waals surface area contributed by atoms with Gasteiger partial charge >= 0.3 is 0 Å². The fourth-order valence-electron chi connectivity index (χ4n) is 2.72. The number of hydrogen-bond donors (Lipinski definition) is 1. The first kappa shape index (κ1) is 13.6. The molecular formula is C16H21N3. The minimum absolute atomic E-state index is 0.337. The van der Waals surface area contributed by atoms with E-state index in [1.807, 2.05) is 18.2 Å². The summed E-state index contributed by atoms with van der Waals surface area (Å²) in [6.45, 7) is 9.03. The fraction of sp³-hybridized carbons (Fsp3) is 0.500. The summed E-state index contributed by atoms with van der Waals surface area (Å²) in [6.07, 6.45) is 2.09. The Morgan fingerprint density at radius 2 is 2.11 bits per heavy atom. The third-order valence-electron chi connectivity index (χ3n) is 3.18. The van der Waals surface area contributed by atoms with E-state index in [9.17, 15) is 0 Å². The van der Waals surface area contributed by atoms with E-state index < -0.39 is 0 Å². The number of aromatic nitrogens is 2. The van der Waals surface area contributed by atoms with Crippen molar-refractivity contribution in [3.63, 3.8) is 0 Å². The number of rotatable bonds is 3. The minimum Gasteiger partial charge on any atom is -0.342 e. The first-order valence-corrected chi connectivity index (χ1v) is 6.77. The number of nitrogens with zero attached hydrogens (tertiary/aromatic N) is 2. The van der Waals surface area contributed by atoms with Crippen LogP contribution < -0.4 is 0 Å². The zero-order valence-electron chi connectivity index (χ0n) is 12.1. The molecule has 0 radical (unpaired) electrons. The molecule has 1 atom stereocenters. The van der Waals surface area contributed by atoms with Gasteiger partial charge in [0.25, 0.3) is 0 Å². The van der Waals surface area contributed by atoms with Gasteiger partial charge in [-0.25, -0.2) is 4.98 Å². The zero-order valence-corrected chi connectivity index (χ0v) is 12.1. The maximum absolute atomic E-state index is 9.08. The molecule has 0 bridgehead atoms. The van der Waals surface area contributed by atoms with Gasteiger partial charge in [0.15, 0.2) is 0 Å². The van der Waals surface area contributed by atoms with Crippen molar-refractivity contribution >= 4 is 11.0 Å². The molecule has 1 aromatic carbocycles. The normalized spacial score (nSPS) is 13.4. The molecule has 1 aromatic heterocycles. The first-order valence-electron chi connectivity index (χ1n) is 6.77. The van der Waals surface area contributed by atoms with Crippen LogP contribution in [-0.2, 0) is 6.42 Å².